The van der Waals surface area contributed by atoms with E-state index in [0.29, 0.717) is 37.3 Å². The molecule has 0 aliphatic heterocycles. The summed E-state index contributed by atoms with van der Waals surface area (Å²) in [5.74, 6) is -1.17. The van der Waals surface area contributed by atoms with Crippen molar-refractivity contribution in [3.8, 4) is 5.75 Å². The molecular weight excluding hydrogens is 324 g/mol. The SMILES string of the molecule is CCOc1ccccc1C(=O)NCCCC(=O)NC(C)(CC)C(=O)O. The molecule has 3 N–H and O–H groups in total. The lowest BCUT2D eigenvalue weighted by Gasteiger charge is -2.24. The number of ether oxygens (including phenoxy) is 1. The van der Waals surface area contributed by atoms with Crippen LogP contribution < -0.4 is 15.4 Å². The van der Waals surface area contributed by atoms with Gasteiger partial charge in [0.2, 0.25) is 5.91 Å². The molecule has 0 fully saturated rings. The highest BCUT2D eigenvalue weighted by Crippen LogP contribution is 2.17. The monoisotopic (exact) mass is 350 g/mol. The summed E-state index contributed by atoms with van der Waals surface area (Å²) in [6, 6.07) is 6.94. The topological polar surface area (TPSA) is 105 Å². The number of carboxylic acid groups (broad SMARTS) is 1. The minimum atomic E-state index is -1.27. The van der Waals surface area contributed by atoms with Crippen molar-refractivity contribution in [3.63, 3.8) is 0 Å². The summed E-state index contributed by atoms with van der Waals surface area (Å²) < 4.78 is 5.41. The average Bonchev–Trinajstić information content (AvgIpc) is 2.59. The number of hydrogen-bond acceptors (Lipinski definition) is 4. The molecule has 0 radical (unpaired) electrons. The number of rotatable bonds is 10. The minimum absolute atomic E-state index is 0.135. The highest BCUT2D eigenvalue weighted by Gasteiger charge is 2.32. The van der Waals surface area contributed by atoms with Gasteiger partial charge in [0, 0.05) is 13.0 Å². The van der Waals surface area contributed by atoms with E-state index in [0.717, 1.165) is 0 Å². The van der Waals surface area contributed by atoms with E-state index < -0.39 is 11.5 Å². The molecule has 0 aliphatic carbocycles. The zero-order valence-corrected chi connectivity index (χ0v) is 14.9. The van der Waals surface area contributed by atoms with E-state index in [9.17, 15) is 14.4 Å². The van der Waals surface area contributed by atoms with Gasteiger partial charge in [0.25, 0.3) is 5.91 Å². The van der Waals surface area contributed by atoms with Crippen LogP contribution in [-0.2, 0) is 9.59 Å². The van der Waals surface area contributed by atoms with E-state index in [4.69, 9.17) is 9.84 Å². The van der Waals surface area contributed by atoms with Crippen molar-refractivity contribution in [1.82, 2.24) is 10.6 Å². The van der Waals surface area contributed by atoms with Crippen LogP contribution in [0.2, 0.25) is 0 Å². The summed E-state index contributed by atoms with van der Waals surface area (Å²) in [4.78, 5) is 35.2. The summed E-state index contributed by atoms with van der Waals surface area (Å²) in [5, 5.41) is 14.4. The van der Waals surface area contributed by atoms with Crippen LogP contribution in [0.15, 0.2) is 24.3 Å². The predicted molar refractivity (Wildman–Crippen MR) is 93.7 cm³/mol. The Kier molecular flexibility index (Phi) is 7.91. The van der Waals surface area contributed by atoms with Crippen LogP contribution in [0.4, 0.5) is 0 Å². The fourth-order valence-electron chi connectivity index (χ4n) is 2.14. The zero-order chi connectivity index (χ0) is 18.9. The quantitative estimate of drug-likeness (QED) is 0.560. The van der Waals surface area contributed by atoms with Gasteiger partial charge in [-0.25, -0.2) is 4.79 Å². The number of amides is 2. The van der Waals surface area contributed by atoms with E-state index in [2.05, 4.69) is 10.6 Å². The first-order valence-corrected chi connectivity index (χ1v) is 8.38. The van der Waals surface area contributed by atoms with Crippen LogP contribution in [0.5, 0.6) is 5.75 Å². The van der Waals surface area contributed by atoms with Gasteiger partial charge < -0.3 is 20.5 Å². The number of carbonyl (C=O) groups excluding carboxylic acids is 2. The van der Waals surface area contributed by atoms with Crippen molar-refractivity contribution in [2.24, 2.45) is 0 Å². The first-order chi connectivity index (χ1) is 11.8. The fraction of sp³-hybridized carbons (Fsp3) is 0.500. The van der Waals surface area contributed by atoms with Crippen LogP contribution in [0.25, 0.3) is 0 Å². The Morgan fingerprint density at radius 1 is 1.20 bits per heavy atom. The van der Waals surface area contributed by atoms with E-state index in [1.54, 1.807) is 31.2 Å². The first kappa shape index (κ1) is 20.5. The number of hydrogen-bond donors (Lipinski definition) is 3. The fourth-order valence-corrected chi connectivity index (χ4v) is 2.14. The maximum atomic E-state index is 12.2. The molecule has 0 bridgehead atoms. The van der Waals surface area contributed by atoms with E-state index in [1.165, 1.54) is 6.92 Å². The van der Waals surface area contributed by atoms with Crippen molar-refractivity contribution >= 4 is 17.8 Å². The minimum Gasteiger partial charge on any atom is -0.493 e. The van der Waals surface area contributed by atoms with E-state index in [1.807, 2.05) is 6.92 Å². The number of carbonyl (C=O) groups is 3. The first-order valence-electron chi connectivity index (χ1n) is 8.38. The summed E-state index contributed by atoms with van der Waals surface area (Å²) in [7, 11) is 0. The Morgan fingerprint density at radius 2 is 1.88 bits per heavy atom. The van der Waals surface area contributed by atoms with Crippen molar-refractivity contribution < 1.29 is 24.2 Å². The van der Waals surface area contributed by atoms with Gasteiger partial charge in [-0.1, -0.05) is 19.1 Å². The summed E-state index contributed by atoms with van der Waals surface area (Å²) >= 11 is 0. The van der Waals surface area contributed by atoms with Crippen LogP contribution in [0, 0.1) is 0 Å². The Hall–Kier alpha value is -2.57. The molecular formula is C18H26N2O5. The zero-order valence-electron chi connectivity index (χ0n) is 14.9. The van der Waals surface area contributed by atoms with E-state index >= 15 is 0 Å². The number of aliphatic carboxylic acids is 1. The molecule has 0 spiro atoms. The Morgan fingerprint density at radius 3 is 2.48 bits per heavy atom. The van der Waals surface area contributed by atoms with Gasteiger partial charge in [-0.15, -0.1) is 0 Å². The number of benzene rings is 1. The number of carboxylic acids is 1. The second-order valence-corrected chi connectivity index (χ2v) is 5.83. The standard InChI is InChI=1S/C18H26N2O5/c1-4-18(3,17(23)24)20-15(21)11-8-12-19-16(22)13-9-6-7-10-14(13)25-5-2/h6-7,9-10H,4-5,8,11-12H2,1-3H3,(H,19,22)(H,20,21)(H,23,24). The normalized spacial score (nSPS) is 12.8. The molecule has 0 saturated heterocycles. The van der Waals surface area contributed by atoms with Crippen molar-refractivity contribution in [1.29, 1.82) is 0 Å². The Bertz CT molecular complexity index is 617. The smallest absolute Gasteiger partial charge is 0.329 e. The van der Waals surface area contributed by atoms with Crippen LogP contribution in [0.1, 0.15) is 50.4 Å². The third-order valence-corrected chi connectivity index (χ3v) is 3.89. The van der Waals surface area contributed by atoms with E-state index in [-0.39, 0.29) is 18.2 Å². The lowest BCUT2D eigenvalue weighted by molar-refractivity contribution is -0.147. The Balaban J connectivity index is 2.44. The largest absolute Gasteiger partial charge is 0.493 e. The summed E-state index contributed by atoms with van der Waals surface area (Å²) in [6.07, 6.45) is 0.836. The van der Waals surface area contributed by atoms with Crippen molar-refractivity contribution in [2.75, 3.05) is 13.2 Å². The molecule has 0 aliphatic rings. The molecule has 1 rings (SSSR count). The third kappa shape index (κ3) is 6.10. The average molecular weight is 350 g/mol. The van der Waals surface area contributed by atoms with Gasteiger partial charge in [-0.3, -0.25) is 9.59 Å². The molecule has 0 aromatic heterocycles. The van der Waals surface area contributed by atoms with Crippen LogP contribution in [0.3, 0.4) is 0 Å². The molecule has 138 valence electrons. The number of para-hydroxylation sites is 1. The van der Waals surface area contributed by atoms with Crippen molar-refractivity contribution in [3.05, 3.63) is 29.8 Å². The molecule has 1 unspecified atom stereocenters. The van der Waals surface area contributed by atoms with Gasteiger partial charge in [0.15, 0.2) is 0 Å². The summed E-state index contributed by atoms with van der Waals surface area (Å²) in [6.45, 7) is 5.78. The molecule has 1 aromatic carbocycles. The molecule has 25 heavy (non-hydrogen) atoms. The van der Waals surface area contributed by atoms with Gasteiger partial charge in [0.05, 0.1) is 12.2 Å². The highest BCUT2D eigenvalue weighted by molar-refractivity contribution is 5.96. The maximum Gasteiger partial charge on any atom is 0.329 e. The molecule has 0 heterocycles. The lowest BCUT2D eigenvalue weighted by Crippen LogP contribution is -2.51. The molecule has 0 saturated carbocycles. The number of nitrogens with one attached hydrogen (secondary N) is 2. The second kappa shape index (κ2) is 9.66. The Labute approximate surface area is 147 Å². The van der Waals surface area contributed by atoms with Crippen LogP contribution >= 0.6 is 0 Å². The molecule has 2 amide bonds. The molecule has 1 aromatic rings. The van der Waals surface area contributed by atoms with Gasteiger partial charge in [-0.05, 0) is 38.8 Å². The maximum absolute atomic E-state index is 12.2. The third-order valence-electron chi connectivity index (χ3n) is 3.89. The summed E-state index contributed by atoms with van der Waals surface area (Å²) in [5.41, 5.74) is -0.824. The molecule has 7 heteroatoms. The second-order valence-electron chi connectivity index (χ2n) is 5.83. The van der Waals surface area contributed by atoms with Gasteiger partial charge in [0.1, 0.15) is 11.3 Å². The van der Waals surface area contributed by atoms with Crippen molar-refractivity contribution in [2.45, 2.75) is 45.6 Å². The molecule has 7 nitrogen and oxygen atoms in total. The highest BCUT2D eigenvalue weighted by atomic mass is 16.5. The van der Waals surface area contributed by atoms with Crippen LogP contribution in [-0.4, -0.2) is 41.6 Å². The molecule has 1 atom stereocenters. The lowest BCUT2D eigenvalue weighted by atomic mass is 9.99. The van der Waals surface area contributed by atoms with Gasteiger partial charge >= 0.3 is 5.97 Å². The van der Waals surface area contributed by atoms with Gasteiger partial charge in [-0.2, -0.15) is 0 Å². The predicted octanol–water partition coefficient (Wildman–Crippen LogP) is 1.96.